The molecule has 4 heterocycles. The van der Waals surface area contributed by atoms with Gasteiger partial charge in [-0.15, -0.1) is 0 Å². The van der Waals surface area contributed by atoms with Crippen molar-refractivity contribution in [1.82, 2.24) is 21.2 Å². The molecule has 0 spiro atoms. The molecule has 192 valence electrons. The zero-order chi connectivity index (χ0) is 25.7. The number of hydrogen-bond acceptors (Lipinski definition) is 9. The number of fused-ring (bicyclic) bond motifs is 2. The monoisotopic (exact) mass is 507 g/mol. The number of carbonyl (C=O) groups is 2. The lowest BCUT2D eigenvalue weighted by Gasteiger charge is -2.38. The second-order valence-corrected chi connectivity index (χ2v) is 9.54. The van der Waals surface area contributed by atoms with Gasteiger partial charge in [-0.2, -0.15) is 5.26 Å². The summed E-state index contributed by atoms with van der Waals surface area (Å²) in [5.41, 5.74) is 11.8. The van der Waals surface area contributed by atoms with Crippen molar-refractivity contribution in [3.63, 3.8) is 0 Å². The van der Waals surface area contributed by atoms with E-state index in [1.165, 1.54) is 18.2 Å². The fourth-order valence-corrected chi connectivity index (χ4v) is 5.56. The molecule has 2 amide bonds. The van der Waals surface area contributed by atoms with Crippen molar-refractivity contribution in [3.05, 3.63) is 53.3 Å². The number of ether oxygens (including phenoxy) is 2. The summed E-state index contributed by atoms with van der Waals surface area (Å²) in [6, 6.07) is 12.0. The van der Waals surface area contributed by atoms with Crippen LogP contribution >= 0.6 is 0 Å². The Morgan fingerprint density at radius 2 is 1.97 bits per heavy atom. The van der Waals surface area contributed by atoms with Crippen molar-refractivity contribution >= 4 is 23.4 Å². The molecule has 4 aliphatic rings. The number of nitriles is 1. The van der Waals surface area contributed by atoms with E-state index in [9.17, 15) is 14.0 Å². The number of nitrogens with zero attached hydrogens (tertiary/aromatic N) is 4. The van der Waals surface area contributed by atoms with E-state index in [2.05, 4.69) is 21.2 Å². The number of carbonyl (C=O) groups excluding carboxylic acids is 2. The highest BCUT2D eigenvalue weighted by Crippen LogP contribution is 2.36. The summed E-state index contributed by atoms with van der Waals surface area (Å²) in [7, 11) is 1.37. The van der Waals surface area contributed by atoms with Gasteiger partial charge in [0.2, 0.25) is 5.91 Å². The predicted octanol–water partition coefficient (Wildman–Crippen LogP) is 1.17. The number of cyclic esters (lactones) is 1. The van der Waals surface area contributed by atoms with Gasteiger partial charge in [0.1, 0.15) is 18.0 Å². The quantitative estimate of drug-likeness (QED) is 0.560. The summed E-state index contributed by atoms with van der Waals surface area (Å²) in [5, 5.41) is 10.4. The second kappa shape index (κ2) is 9.19. The Morgan fingerprint density at radius 3 is 2.73 bits per heavy atom. The van der Waals surface area contributed by atoms with Gasteiger partial charge in [0.05, 0.1) is 36.9 Å². The number of rotatable bonds is 4. The average molecular weight is 508 g/mol. The van der Waals surface area contributed by atoms with Crippen LogP contribution in [0.25, 0.3) is 0 Å². The van der Waals surface area contributed by atoms with Gasteiger partial charge in [0.15, 0.2) is 5.82 Å². The largest absolute Gasteiger partial charge is 0.494 e. The summed E-state index contributed by atoms with van der Waals surface area (Å²) >= 11 is 0. The highest BCUT2D eigenvalue weighted by Gasteiger charge is 2.45. The van der Waals surface area contributed by atoms with Gasteiger partial charge in [-0.05, 0) is 23.8 Å². The topological polar surface area (TPSA) is 122 Å². The van der Waals surface area contributed by atoms with E-state index in [0.29, 0.717) is 13.2 Å². The summed E-state index contributed by atoms with van der Waals surface area (Å²) in [6.07, 6.45) is -0.0886. The van der Waals surface area contributed by atoms with E-state index < -0.39 is 5.82 Å². The van der Waals surface area contributed by atoms with Crippen LogP contribution in [0.2, 0.25) is 0 Å². The third-order valence-corrected chi connectivity index (χ3v) is 7.47. The van der Waals surface area contributed by atoms with Gasteiger partial charge >= 0.3 is 6.09 Å². The first-order chi connectivity index (χ1) is 18.0. The molecule has 2 aromatic rings. The molecule has 4 aliphatic heterocycles. The summed E-state index contributed by atoms with van der Waals surface area (Å²) < 4.78 is 25.5. The SMILES string of the molecule is COc1cc(C#N)cc(F)c1N1NC2C(CC1=O)NNC2c1ccc(N2CCN3C(=O)OCC3C2)cc1. The number of amides is 2. The minimum absolute atomic E-state index is 0.0422. The summed E-state index contributed by atoms with van der Waals surface area (Å²) in [4.78, 5) is 28.8. The maximum absolute atomic E-state index is 15.0. The number of hydrazine groups is 2. The number of anilines is 2. The molecule has 12 heteroatoms. The molecule has 0 radical (unpaired) electrons. The van der Waals surface area contributed by atoms with E-state index in [1.54, 1.807) is 4.90 Å². The summed E-state index contributed by atoms with van der Waals surface area (Å²) in [6.45, 7) is 2.50. The van der Waals surface area contributed by atoms with E-state index in [4.69, 9.17) is 14.7 Å². The minimum atomic E-state index is -0.718. The van der Waals surface area contributed by atoms with E-state index in [0.717, 1.165) is 30.4 Å². The van der Waals surface area contributed by atoms with Crippen molar-refractivity contribution in [2.24, 2.45) is 0 Å². The van der Waals surface area contributed by atoms with Gasteiger partial charge in [-0.25, -0.2) is 25.0 Å². The number of benzene rings is 2. The molecule has 4 saturated heterocycles. The minimum Gasteiger partial charge on any atom is -0.494 e. The third kappa shape index (κ3) is 4.01. The molecule has 4 unspecified atom stereocenters. The highest BCUT2D eigenvalue weighted by atomic mass is 19.1. The molecule has 0 aliphatic carbocycles. The molecule has 4 atom stereocenters. The number of hydrogen-bond donors (Lipinski definition) is 3. The fourth-order valence-electron chi connectivity index (χ4n) is 5.56. The van der Waals surface area contributed by atoms with Crippen LogP contribution in [0.1, 0.15) is 23.6 Å². The zero-order valence-corrected chi connectivity index (χ0v) is 20.1. The van der Waals surface area contributed by atoms with E-state index in [-0.39, 0.29) is 59.6 Å². The van der Waals surface area contributed by atoms with Gasteiger partial charge in [0, 0.05) is 43.9 Å². The maximum Gasteiger partial charge on any atom is 0.410 e. The molecule has 0 saturated carbocycles. The maximum atomic E-state index is 15.0. The van der Waals surface area contributed by atoms with Crippen LogP contribution in [0.5, 0.6) is 5.75 Å². The first-order valence-corrected chi connectivity index (χ1v) is 12.1. The van der Waals surface area contributed by atoms with Crippen molar-refractivity contribution < 1.29 is 23.5 Å². The van der Waals surface area contributed by atoms with Crippen molar-refractivity contribution in [3.8, 4) is 11.8 Å². The third-order valence-electron chi connectivity index (χ3n) is 7.47. The van der Waals surface area contributed by atoms with Crippen LogP contribution in [0.15, 0.2) is 36.4 Å². The van der Waals surface area contributed by atoms with Gasteiger partial charge in [-0.3, -0.25) is 15.1 Å². The molecule has 0 bridgehead atoms. The second-order valence-electron chi connectivity index (χ2n) is 9.54. The smallest absolute Gasteiger partial charge is 0.410 e. The molecule has 11 nitrogen and oxygen atoms in total. The van der Waals surface area contributed by atoms with Crippen molar-refractivity contribution in [2.75, 3.05) is 43.3 Å². The molecule has 4 fully saturated rings. The first-order valence-electron chi connectivity index (χ1n) is 12.1. The molecular formula is C25H26FN7O4. The Balaban J connectivity index is 1.21. The van der Waals surface area contributed by atoms with E-state index in [1.807, 2.05) is 30.3 Å². The Labute approximate surface area is 212 Å². The number of halogens is 1. The van der Waals surface area contributed by atoms with E-state index >= 15 is 0 Å². The highest BCUT2D eigenvalue weighted by molar-refractivity contribution is 5.95. The first kappa shape index (κ1) is 23.5. The van der Waals surface area contributed by atoms with Crippen molar-refractivity contribution in [1.29, 1.82) is 5.26 Å². The predicted molar refractivity (Wildman–Crippen MR) is 130 cm³/mol. The Kier molecular flexibility index (Phi) is 5.83. The molecular weight excluding hydrogens is 481 g/mol. The molecule has 3 N–H and O–H groups in total. The van der Waals surface area contributed by atoms with Crippen molar-refractivity contribution in [2.45, 2.75) is 30.6 Å². The van der Waals surface area contributed by atoms with Crippen LogP contribution in [0.4, 0.5) is 20.6 Å². The average Bonchev–Trinajstić information content (AvgIpc) is 3.50. The van der Waals surface area contributed by atoms with Gasteiger partial charge in [0.25, 0.3) is 0 Å². The lowest BCUT2D eigenvalue weighted by molar-refractivity contribution is -0.121. The molecule has 2 aromatic carbocycles. The fraction of sp³-hybridized carbons (Fsp3) is 0.400. The Bertz CT molecular complexity index is 1280. The Hall–Kier alpha value is -3.92. The van der Waals surface area contributed by atoms with Crippen LogP contribution in [-0.4, -0.2) is 68.4 Å². The lowest BCUT2D eigenvalue weighted by Crippen LogP contribution is -2.60. The van der Waals surface area contributed by atoms with Gasteiger partial charge in [-0.1, -0.05) is 12.1 Å². The molecule has 0 aromatic heterocycles. The summed E-state index contributed by atoms with van der Waals surface area (Å²) in [5.74, 6) is -0.934. The van der Waals surface area contributed by atoms with Crippen LogP contribution in [-0.2, 0) is 9.53 Å². The molecule has 37 heavy (non-hydrogen) atoms. The standard InChI is InChI=1S/C25H26FN7O4/c1-36-20-9-14(11-27)8-18(26)24(20)33-21(34)10-19-23(30-33)22(29-28-19)15-2-4-16(5-3-15)31-6-7-32-17(12-31)13-37-25(32)35/h2-5,8-9,17,19,22-23,28-30H,6-7,10,12-13H2,1H3. The van der Waals surface area contributed by atoms with Crippen LogP contribution in [0, 0.1) is 17.1 Å². The number of piperazine rings is 1. The zero-order valence-electron chi connectivity index (χ0n) is 20.1. The number of nitrogens with one attached hydrogen (secondary N) is 3. The normalized spacial score (nSPS) is 27.0. The number of methoxy groups -OCH3 is 1. The van der Waals surface area contributed by atoms with Crippen LogP contribution in [0.3, 0.4) is 0 Å². The van der Waals surface area contributed by atoms with Gasteiger partial charge < -0.3 is 14.4 Å². The molecule has 6 rings (SSSR count). The lowest BCUT2D eigenvalue weighted by atomic mass is 9.93. The van der Waals surface area contributed by atoms with Crippen LogP contribution < -0.4 is 30.9 Å². The Morgan fingerprint density at radius 1 is 1.16 bits per heavy atom.